The minimum atomic E-state index is -0.534. The van der Waals surface area contributed by atoms with Gasteiger partial charge in [-0.1, -0.05) is 0 Å². The highest BCUT2D eigenvalue weighted by molar-refractivity contribution is 6.04. The van der Waals surface area contributed by atoms with Gasteiger partial charge in [-0.25, -0.2) is 4.79 Å². The Morgan fingerprint density at radius 3 is 2.28 bits per heavy atom. The molecule has 0 saturated heterocycles. The average molecular weight is 249 g/mol. The van der Waals surface area contributed by atoms with Crippen LogP contribution in [0.3, 0.4) is 0 Å². The smallest absolute Gasteiger partial charge is 0.413 e. The SMILES string of the molecule is COC(=O)N(C)C=CC(=O)c1ccc(OC)cc1. The summed E-state index contributed by atoms with van der Waals surface area (Å²) in [6, 6.07) is 6.71. The predicted octanol–water partition coefficient (Wildman–Crippen LogP) is 2.09. The number of allylic oxidation sites excluding steroid dienone is 1. The molecule has 5 nitrogen and oxygen atoms in total. The molecule has 0 aliphatic heterocycles. The Labute approximate surface area is 106 Å². The van der Waals surface area contributed by atoms with E-state index in [1.807, 2.05) is 0 Å². The van der Waals surface area contributed by atoms with Crippen LogP contribution in [0.1, 0.15) is 10.4 Å². The molecule has 18 heavy (non-hydrogen) atoms. The molecule has 5 heteroatoms. The van der Waals surface area contributed by atoms with Gasteiger partial charge < -0.3 is 9.47 Å². The van der Waals surface area contributed by atoms with Gasteiger partial charge in [0, 0.05) is 24.9 Å². The molecule has 0 atom stereocenters. The number of rotatable bonds is 4. The lowest BCUT2D eigenvalue weighted by molar-refractivity contribution is 0.104. The Morgan fingerprint density at radius 2 is 1.78 bits per heavy atom. The van der Waals surface area contributed by atoms with E-state index in [0.29, 0.717) is 11.3 Å². The van der Waals surface area contributed by atoms with Crippen molar-refractivity contribution >= 4 is 11.9 Å². The summed E-state index contributed by atoms with van der Waals surface area (Å²) >= 11 is 0. The summed E-state index contributed by atoms with van der Waals surface area (Å²) in [7, 11) is 4.34. The average Bonchev–Trinajstić information content (AvgIpc) is 2.43. The summed E-state index contributed by atoms with van der Waals surface area (Å²) in [4.78, 5) is 24.0. The van der Waals surface area contributed by atoms with Crippen molar-refractivity contribution < 1.29 is 19.1 Å². The number of methoxy groups -OCH3 is 2. The zero-order chi connectivity index (χ0) is 13.5. The third kappa shape index (κ3) is 3.62. The first-order valence-electron chi connectivity index (χ1n) is 5.26. The minimum Gasteiger partial charge on any atom is -0.497 e. The molecule has 0 heterocycles. The van der Waals surface area contributed by atoms with Crippen LogP contribution in [-0.4, -0.2) is 38.0 Å². The van der Waals surface area contributed by atoms with Crippen molar-refractivity contribution in [2.45, 2.75) is 0 Å². The largest absolute Gasteiger partial charge is 0.497 e. The fourth-order valence-electron chi connectivity index (χ4n) is 1.24. The minimum absolute atomic E-state index is 0.201. The second kappa shape index (κ2) is 6.44. The van der Waals surface area contributed by atoms with E-state index in [2.05, 4.69) is 4.74 Å². The molecule has 0 aliphatic carbocycles. The highest BCUT2D eigenvalue weighted by atomic mass is 16.5. The number of ketones is 1. The molecule has 1 aromatic rings. The Hall–Kier alpha value is -2.30. The molecule has 0 aliphatic rings. The normalized spacial score (nSPS) is 10.2. The van der Waals surface area contributed by atoms with E-state index in [0.717, 1.165) is 0 Å². The van der Waals surface area contributed by atoms with Crippen molar-refractivity contribution in [2.75, 3.05) is 21.3 Å². The van der Waals surface area contributed by atoms with E-state index in [9.17, 15) is 9.59 Å². The maximum Gasteiger partial charge on any atom is 0.413 e. The number of carbonyl (C=O) groups is 2. The first-order chi connectivity index (χ1) is 8.58. The predicted molar refractivity (Wildman–Crippen MR) is 66.6 cm³/mol. The van der Waals surface area contributed by atoms with Crippen LogP contribution in [-0.2, 0) is 4.74 Å². The van der Waals surface area contributed by atoms with Crippen LogP contribution in [0.5, 0.6) is 5.75 Å². The molecule has 0 saturated carbocycles. The van der Waals surface area contributed by atoms with Gasteiger partial charge in [0.05, 0.1) is 14.2 Å². The summed E-state index contributed by atoms with van der Waals surface area (Å²) < 4.78 is 9.48. The van der Waals surface area contributed by atoms with Gasteiger partial charge in [0.2, 0.25) is 0 Å². The van der Waals surface area contributed by atoms with Crippen molar-refractivity contribution in [2.24, 2.45) is 0 Å². The van der Waals surface area contributed by atoms with Crippen LogP contribution >= 0.6 is 0 Å². The van der Waals surface area contributed by atoms with E-state index in [1.54, 1.807) is 31.4 Å². The van der Waals surface area contributed by atoms with Crippen LogP contribution in [0.4, 0.5) is 4.79 Å². The van der Waals surface area contributed by atoms with Gasteiger partial charge in [-0.05, 0) is 24.3 Å². The summed E-state index contributed by atoms with van der Waals surface area (Å²) in [5, 5.41) is 0. The first-order valence-corrected chi connectivity index (χ1v) is 5.26. The van der Waals surface area contributed by atoms with E-state index in [-0.39, 0.29) is 5.78 Å². The lowest BCUT2D eigenvalue weighted by Gasteiger charge is -2.08. The zero-order valence-electron chi connectivity index (χ0n) is 10.5. The molecular formula is C13H15NO4. The number of ether oxygens (including phenoxy) is 2. The molecule has 0 spiro atoms. The van der Waals surface area contributed by atoms with E-state index < -0.39 is 6.09 Å². The van der Waals surface area contributed by atoms with Crippen molar-refractivity contribution in [1.29, 1.82) is 0 Å². The summed E-state index contributed by atoms with van der Waals surface area (Å²) in [6.07, 6.45) is 2.13. The van der Waals surface area contributed by atoms with Crippen LogP contribution in [0.15, 0.2) is 36.5 Å². The van der Waals surface area contributed by atoms with Crippen LogP contribution < -0.4 is 4.74 Å². The molecule has 0 bridgehead atoms. The third-order valence-corrected chi connectivity index (χ3v) is 2.29. The number of hydrogen-bond acceptors (Lipinski definition) is 4. The molecule has 0 fully saturated rings. The molecule has 96 valence electrons. The Bertz CT molecular complexity index is 451. The number of carbonyl (C=O) groups excluding carboxylic acids is 2. The van der Waals surface area contributed by atoms with Crippen molar-refractivity contribution in [3.05, 3.63) is 42.1 Å². The molecule has 1 rings (SSSR count). The number of nitrogens with zero attached hydrogens (tertiary/aromatic N) is 1. The quantitative estimate of drug-likeness (QED) is 0.605. The maximum atomic E-state index is 11.8. The molecule has 0 aromatic heterocycles. The number of hydrogen-bond donors (Lipinski definition) is 0. The maximum absolute atomic E-state index is 11.8. The molecule has 1 amide bonds. The van der Waals surface area contributed by atoms with Gasteiger partial charge in [0.1, 0.15) is 5.75 Å². The third-order valence-electron chi connectivity index (χ3n) is 2.29. The van der Waals surface area contributed by atoms with E-state index in [4.69, 9.17) is 4.74 Å². The first kappa shape index (κ1) is 13.8. The van der Waals surface area contributed by atoms with Gasteiger partial charge in [-0.15, -0.1) is 0 Å². The van der Waals surface area contributed by atoms with Crippen molar-refractivity contribution in [3.63, 3.8) is 0 Å². The summed E-state index contributed by atoms with van der Waals surface area (Å²) in [5.74, 6) is 0.482. The Balaban J connectivity index is 2.70. The molecule has 1 aromatic carbocycles. The second-order valence-corrected chi connectivity index (χ2v) is 3.49. The summed E-state index contributed by atoms with van der Waals surface area (Å²) in [5.41, 5.74) is 0.519. The highest BCUT2D eigenvalue weighted by Crippen LogP contribution is 2.12. The lowest BCUT2D eigenvalue weighted by atomic mass is 10.1. The van der Waals surface area contributed by atoms with Crippen molar-refractivity contribution in [1.82, 2.24) is 4.90 Å². The number of benzene rings is 1. The summed E-state index contributed by atoms with van der Waals surface area (Å²) in [6.45, 7) is 0. The molecular weight excluding hydrogens is 234 g/mol. The standard InChI is InChI=1S/C13H15NO4/c1-14(13(16)18-3)9-8-12(15)10-4-6-11(17-2)7-5-10/h4-9H,1-3H3. The second-order valence-electron chi connectivity index (χ2n) is 3.49. The molecule has 0 radical (unpaired) electrons. The van der Waals surface area contributed by atoms with Crippen LogP contribution in [0.25, 0.3) is 0 Å². The lowest BCUT2D eigenvalue weighted by Crippen LogP contribution is -2.20. The van der Waals surface area contributed by atoms with Gasteiger partial charge in [0.15, 0.2) is 5.78 Å². The van der Waals surface area contributed by atoms with Gasteiger partial charge in [-0.2, -0.15) is 0 Å². The number of amides is 1. The highest BCUT2D eigenvalue weighted by Gasteiger charge is 2.06. The fraction of sp³-hybridized carbons (Fsp3) is 0.231. The van der Waals surface area contributed by atoms with Crippen molar-refractivity contribution in [3.8, 4) is 5.75 Å². The topological polar surface area (TPSA) is 55.8 Å². The van der Waals surface area contributed by atoms with Gasteiger partial charge in [0.25, 0.3) is 0 Å². The monoisotopic (exact) mass is 249 g/mol. The van der Waals surface area contributed by atoms with Gasteiger partial charge in [-0.3, -0.25) is 9.69 Å². The molecule has 0 N–H and O–H groups in total. The zero-order valence-corrected chi connectivity index (χ0v) is 10.5. The van der Waals surface area contributed by atoms with Gasteiger partial charge >= 0.3 is 6.09 Å². The molecule has 0 unspecified atom stereocenters. The Kier molecular flexibility index (Phi) is 4.92. The van der Waals surface area contributed by atoms with Crippen LogP contribution in [0, 0.1) is 0 Å². The van der Waals surface area contributed by atoms with E-state index in [1.165, 1.54) is 31.3 Å². The van der Waals surface area contributed by atoms with Crippen LogP contribution in [0.2, 0.25) is 0 Å². The van der Waals surface area contributed by atoms with E-state index >= 15 is 0 Å². The Morgan fingerprint density at radius 1 is 1.17 bits per heavy atom. The fourth-order valence-corrected chi connectivity index (χ4v) is 1.24.